The Hall–Kier alpha value is -1.36. The van der Waals surface area contributed by atoms with Gasteiger partial charge in [0.05, 0.1) is 22.3 Å². The number of carbonyl (C=O) groups is 1. The number of rotatable bonds is 5. The summed E-state index contributed by atoms with van der Waals surface area (Å²) in [6, 6.07) is 3.52. The number of aryl methyl sites for hydroxylation is 3. The van der Waals surface area contributed by atoms with Crippen molar-refractivity contribution in [1.29, 1.82) is 0 Å². The molecule has 0 spiro atoms. The van der Waals surface area contributed by atoms with Crippen LogP contribution in [0.5, 0.6) is 0 Å². The first-order chi connectivity index (χ1) is 9.06. The highest BCUT2D eigenvalue weighted by Gasteiger charge is 2.19. The van der Waals surface area contributed by atoms with Crippen LogP contribution in [-0.4, -0.2) is 15.6 Å². The molecule has 102 valence electrons. The SMILES string of the molecule is CCc1nn(CC)c(CC(=O)c2ccc(C)o2)c1Br. The Kier molecular flexibility index (Phi) is 4.24. The van der Waals surface area contributed by atoms with Crippen LogP contribution in [0.4, 0.5) is 0 Å². The summed E-state index contributed by atoms with van der Waals surface area (Å²) in [6.07, 6.45) is 1.14. The summed E-state index contributed by atoms with van der Waals surface area (Å²) in [7, 11) is 0. The average molecular weight is 325 g/mol. The van der Waals surface area contributed by atoms with E-state index in [1.165, 1.54) is 0 Å². The minimum absolute atomic E-state index is 0.0222. The molecule has 2 rings (SSSR count). The van der Waals surface area contributed by atoms with Crippen molar-refractivity contribution in [2.24, 2.45) is 0 Å². The Morgan fingerprint density at radius 2 is 2.16 bits per heavy atom. The summed E-state index contributed by atoms with van der Waals surface area (Å²) in [5, 5.41) is 4.49. The third-order valence-corrected chi connectivity index (χ3v) is 3.95. The van der Waals surface area contributed by atoms with Gasteiger partial charge in [-0.15, -0.1) is 0 Å². The van der Waals surface area contributed by atoms with Gasteiger partial charge in [0.1, 0.15) is 5.76 Å². The van der Waals surface area contributed by atoms with Crippen molar-refractivity contribution in [3.05, 3.63) is 39.5 Å². The van der Waals surface area contributed by atoms with Crippen molar-refractivity contribution in [2.75, 3.05) is 0 Å². The van der Waals surface area contributed by atoms with Crippen LogP contribution in [0.2, 0.25) is 0 Å². The number of ketones is 1. The van der Waals surface area contributed by atoms with Crippen molar-refractivity contribution in [3.8, 4) is 0 Å². The first-order valence-electron chi connectivity index (χ1n) is 6.40. The van der Waals surface area contributed by atoms with Crippen LogP contribution in [-0.2, 0) is 19.4 Å². The van der Waals surface area contributed by atoms with Gasteiger partial charge in [-0.2, -0.15) is 5.10 Å². The third kappa shape index (κ3) is 2.81. The average Bonchev–Trinajstić information content (AvgIpc) is 2.95. The van der Waals surface area contributed by atoms with Crippen molar-refractivity contribution >= 4 is 21.7 Å². The van der Waals surface area contributed by atoms with Crippen molar-refractivity contribution in [3.63, 3.8) is 0 Å². The number of hydrogen-bond donors (Lipinski definition) is 0. The molecule has 0 N–H and O–H groups in total. The van der Waals surface area contributed by atoms with Crippen molar-refractivity contribution in [2.45, 2.75) is 40.2 Å². The first kappa shape index (κ1) is 14.1. The molecule has 0 aliphatic heterocycles. The summed E-state index contributed by atoms with van der Waals surface area (Å²) in [6.45, 7) is 6.65. The van der Waals surface area contributed by atoms with Gasteiger partial charge in [0.25, 0.3) is 0 Å². The predicted octanol–water partition coefficient (Wildman–Crippen LogP) is 3.55. The van der Waals surface area contributed by atoms with Crippen LogP contribution < -0.4 is 0 Å². The Morgan fingerprint density at radius 3 is 2.68 bits per heavy atom. The topological polar surface area (TPSA) is 48.0 Å². The molecule has 19 heavy (non-hydrogen) atoms. The molecular weight excluding hydrogens is 308 g/mol. The van der Waals surface area contributed by atoms with Crippen LogP contribution in [0.25, 0.3) is 0 Å². The molecule has 0 unspecified atom stereocenters. The molecule has 4 nitrogen and oxygen atoms in total. The Balaban J connectivity index is 2.28. The lowest BCUT2D eigenvalue weighted by atomic mass is 10.1. The van der Waals surface area contributed by atoms with Gasteiger partial charge < -0.3 is 4.42 Å². The molecule has 2 aromatic heterocycles. The largest absolute Gasteiger partial charge is 0.458 e. The summed E-state index contributed by atoms with van der Waals surface area (Å²) >= 11 is 3.54. The fourth-order valence-corrected chi connectivity index (χ4v) is 2.71. The monoisotopic (exact) mass is 324 g/mol. The summed E-state index contributed by atoms with van der Waals surface area (Å²) in [5.41, 5.74) is 1.90. The van der Waals surface area contributed by atoms with Gasteiger partial charge in [0.15, 0.2) is 5.76 Å². The normalized spacial score (nSPS) is 10.9. The molecule has 0 saturated carbocycles. The number of hydrogen-bond acceptors (Lipinski definition) is 3. The van der Waals surface area contributed by atoms with E-state index in [9.17, 15) is 4.79 Å². The Labute approximate surface area is 120 Å². The van der Waals surface area contributed by atoms with Gasteiger partial charge in [-0.25, -0.2) is 0 Å². The molecule has 0 atom stereocenters. The number of halogens is 1. The molecule has 0 aliphatic rings. The van der Waals surface area contributed by atoms with E-state index in [1.54, 1.807) is 12.1 Å². The lowest BCUT2D eigenvalue weighted by Gasteiger charge is -2.03. The minimum Gasteiger partial charge on any atom is -0.458 e. The number of aromatic nitrogens is 2. The van der Waals surface area contributed by atoms with Gasteiger partial charge in [-0.3, -0.25) is 9.48 Å². The van der Waals surface area contributed by atoms with Crippen LogP contribution >= 0.6 is 15.9 Å². The fraction of sp³-hybridized carbons (Fsp3) is 0.429. The zero-order valence-electron chi connectivity index (χ0n) is 11.4. The predicted molar refractivity (Wildman–Crippen MR) is 76.5 cm³/mol. The maximum Gasteiger partial charge on any atom is 0.203 e. The second-order valence-electron chi connectivity index (χ2n) is 4.39. The van der Waals surface area contributed by atoms with E-state index < -0.39 is 0 Å². The maximum absolute atomic E-state index is 12.2. The third-order valence-electron chi connectivity index (χ3n) is 3.04. The van der Waals surface area contributed by atoms with Crippen LogP contribution in [0.1, 0.15) is 41.6 Å². The second kappa shape index (κ2) is 5.74. The molecule has 0 bridgehead atoms. The minimum atomic E-state index is -0.0222. The molecule has 0 amide bonds. The second-order valence-corrected chi connectivity index (χ2v) is 5.18. The molecule has 0 radical (unpaired) electrons. The van der Waals surface area contributed by atoms with E-state index in [1.807, 2.05) is 18.5 Å². The van der Waals surface area contributed by atoms with E-state index >= 15 is 0 Å². The van der Waals surface area contributed by atoms with E-state index in [0.717, 1.165) is 34.6 Å². The van der Waals surface area contributed by atoms with E-state index in [4.69, 9.17) is 4.42 Å². The Morgan fingerprint density at radius 1 is 1.42 bits per heavy atom. The van der Waals surface area contributed by atoms with Gasteiger partial charge in [0.2, 0.25) is 5.78 Å². The standard InChI is InChI=1S/C14H17BrN2O2/c1-4-10-14(15)11(17(5-2)16-10)8-12(18)13-7-6-9(3)19-13/h6-7H,4-5,8H2,1-3H3. The maximum atomic E-state index is 12.2. The highest BCUT2D eigenvalue weighted by atomic mass is 79.9. The lowest BCUT2D eigenvalue weighted by molar-refractivity contribution is 0.0962. The van der Waals surface area contributed by atoms with Gasteiger partial charge in [0, 0.05) is 6.54 Å². The van der Waals surface area contributed by atoms with Gasteiger partial charge in [-0.1, -0.05) is 6.92 Å². The van der Waals surface area contributed by atoms with E-state index in [2.05, 4.69) is 28.0 Å². The molecule has 0 saturated heterocycles. The number of nitrogens with zero attached hydrogens (tertiary/aromatic N) is 2. The number of furan rings is 1. The van der Waals surface area contributed by atoms with Crippen LogP contribution in [0.3, 0.4) is 0 Å². The fourth-order valence-electron chi connectivity index (χ4n) is 2.01. The summed E-state index contributed by atoms with van der Waals surface area (Å²) < 4.78 is 8.18. The molecule has 5 heteroatoms. The summed E-state index contributed by atoms with van der Waals surface area (Å²) in [4.78, 5) is 12.2. The number of Topliss-reactive ketones (excluding diaryl/α,β-unsaturated/α-hetero) is 1. The molecule has 0 fully saturated rings. The zero-order chi connectivity index (χ0) is 14.0. The Bertz CT molecular complexity index is 599. The van der Waals surface area contributed by atoms with Gasteiger partial charge >= 0.3 is 0 Å². The highest BCUT2D eigenvalue weighted by molar-refractivity contribution is 9.10. The molecule has 2 aromatic rings. The highest BCUT2D eigenvalue weighted by Crippen LogP contribution is 2.24. The lowest BCUT2D eigenvalue weighted by Crippen LogP contribution is -2.09. The summed E-state index contributed by atoms with van der Waals surface area (Å²) in [5.74, 6) is 1.14. The zero-order valence-corrected chi connectivity index (χ0v) is 13.0. The molecule has 2 heterocycles. The van der Waals surface area contributed by atoms with E-state index in [-0.39, 0.29) is 5.78 Å². The van der Waals surface area contributed by atoms with Crippen molar-refractivity contribution < 1.29 is 9.21 Å². The molecule has 0 aromatic carbocycles. The molecular formula is C14H17BrN2O2. The van der Waals surface area contributed by atoms with Crippen LogP contribution in [0.15, 0.2) is 21.0 Å². The van der Waals surface area contributed by atoms with Crippen LogP contribution in [0, 0.1) is 6.92 Å². The quantitative estimate of drug-likeness (QED) is 0.790. The van der Waals surface area contributed by atoms with E-state index in [0.29, 0.717) is 12.2 Å². The van der Waals surface area contributed by atoms with Gasteiger partial charge in [-0.05, 0) is 48.3 Å². The molecule has 0 aliphatic carbocycles. The van der Waals surface area contributed by atoms with Crippen molar-refractivity contribution in [1.82, 2.24) is 9.78 Å². The first-order valence-corrected chi connectivity index (χ1v) is 7.19. The smallest absolute Gasteiger partial charge is 0.203 e. The number of carbonyl (C=O) groups excluding carboxylic acids is 1.